The molecule has 2 fully saturated rings. The number of benzene rings is 1. The number of rotatable bonds is 4. The van der Waals surface area contributed by atoms with Gasteiger partial charge < -0.3 is 10.2 Å². The Hall–Kier alpha value is -2.08. The van der Waals surface area contributed by atoms with E-state index in [9.17, 15) is 14.4 Å². The number of aryl methyl sites for hydroxylation is 1. The third kappa shape index (κ3) is 3.70. The predicted molar refractivity (Wildman–Crippen MR) is 89.6 cm³/mol. The second-order valence-corrected chi connectivity index (χ2v) is 6.60. The lowest BCUT2D eigenvalue weighted by Crippen LogP contribution is -2.49. The zero-order valence-corrected chi connectivity index (χ0v) is 14.1. The van der Waals surface area contributed by atoms with Crippen LogP contribution in [0.3, 0.4) is 0 Å². The van der Waals surface area contributed by atoms with Gasteiger partial charge in [0.15, 0.2) is 0 Å². The summed E-state index contributed by atoms with van der Waals surface area (Å²) in [6.07, 6.45) is 2.38. The van der Waals surface area contributed by atoms with Crippen LogP contribution in [0.5, 0.6) is 0 Å². The van der Waals surface area contributed by atoms with Crippen LogP contribution < -0.4 is 5.32 Å². The molecule has 7 heteroatoms. The van der Waals surface area contributed by atoms with Crippen molar-refractivity contribution in [2.24, 2.45) is 0 Å². The molecule has 2 aliphatic heterocycles. The smallest absolute Gasteiger partial charge is 0.324 e. The Bertz CT molecular complexity index is 640. The van der Waals surface area contributed by atoms with Gasteiger partial charge in [-0.2, -0.15) is 0 Å². The zero-order valence-electron chi connectivity index (χ0n) is 13.3. The molecule has 1 aromatic rings. The number of hydrogen-bond acceptors (Lipinski definition) is 3. The fourth-order valence-electron chi connectivity index (χ4n) is 3.28. The number of halogens is 1. The average Bonchev–Trinajstić information content (AvgIpc) is 2.92. The van der Waals surface area contributed by atoms with Crippen molar-refractivity contribution in [3.63, 3.8) is 0 Å². The van der Waals surface area contributed by atoms with Crippen molar-refractivity contribution < 1.29 is 14.4 Å². The number of nitrogens with one attached hydrogen (secondary N) is 1. The fourth-order valence-corrected chi connectivity index (χ4v) is 3.49. The van der Waals surface area contributed by atoms with Gasteiger partial charge >= 0.3 is 6.03 Å². The van der Waals surface area contributed by atoms with E-state index in [4.69, 9.17) is 11.6 Å². The molecule has 2 saturated heterocycles. The number of amides is 4. The van der Waals surface area contributed by atoms with Crippen LogP contribution in [0.4, 0.5) is 4.79 Å². The van der Waals surface area contributed by atoms with Gasteiger partial charge in [-0.1, -0.05) is 23.7 Å². The van der Waals surface area contributed by atoms with Crippen molar-refractivity contribution in [2.45, 2.75) is 31.7 Å². The lowest BCUT2D eigenvalue weighted by atomic mass is 10.0. The fraction of sp³-hybridized carbons (Fsp3) is 0.471. The highest BCUT2D eigenvalue weighted by Crippen LogP contribution is 2.20. The van der Waals surface area contributed by atoms with Crippen LogP contribution in [0.1, 0.15) is 24.8 Å². The SMILES string of the molecule is O=C(CCc1cccc(Cl)c1)N1CCC(N2C(=O)CNC2=O)CC1. The molecule has 0 spiro atoms. The summed E-state index contributed by atoms with van der Waals surface area (Å²) < 4.78 is 0. The van der Waals surface area contributed by atoms with Crippen LogP contribution in [0.2, 0.25) is 5.02 Å². The van der Waals surface area contributed by atoms with E-state index in [0.717, 1.165) is 5.56 Å². The Morgan fingerprint density at radius 2 is 2.00 bits per heavy atom. The zero-order chi connectivity index (χ0) is 17.1. The first-order valence-electron chi connectivity index (χ1n) is 8.16. The number of likely N-dealkylation sites (tertiary alicyclic amines) is 1. The molecule has 2 heterocycles. The monoisotopic (exact) mass is 349 g/mol. The van der Waals surface area contributed by atoms with Gasteiger partial charge in [0.05, 0.1) is 6.54 Å². The van der Waals surface area contributed by atoms with Crippen LogP contribution in [0, 0.1) is 0 Å². The maximum atomic E-state index is 12.3. The van der Waals surface area contributed by atoms with Crippen LogP contribution in [0.25, 0.3) is 0 Å². The van der Waals surface area contributed by atoms with Gasteiger partial charge in [-0.15, -0.1) is 0 Å². The minimum atomic E-state index is -0.314. The summed E-state index contributed by atoms with van der Waals surface area (Å²) in [4.78, 5) is 38.9. The number of urea groups is 1. The molecular formula is C17H20ClN3O3. The van der Waals surface area contributed by atoms with Crippen LogP contribution in [-0.4, -0.2) is 53.3 Å². The second-order valence-electron chi connectivity index (χ2n) is 6.16. The van der Waals surface area contributed by atoms with E-state index in [1.807, 2.05) is 29.2 Å². The van der Waals surface area contributed by atoms with E-state index in [-0.39, 0.29) is 30.4 Å². The second kappa shape index (κ2) is 7.21. The summed E-state index contributed by atoms with van der Waals surface area (Å²) in [6, 6.07) is 7.11. The highest BCUT2D eigenvalue weighted by molar-refractivity contribution is 6.30. The molecule has 1 N–H and O–H groups in total. The minimum Gasteiger partial charge on any atom is -0.343 e. The lowest BCUT2D eigenvalue weighted by Gasteiger charge is -2.35. The van der Waals surface area contributed by atoms with E-state index in [1.54, 1.807) is 0 Å². The van der Waals surface area contributed by atoms with Gasteiger partial charge in [-0.3, -0.25) is 14.5 Å². The standard InChI is InChI=1S/C17H20ClN3O3/c18-13-3-1-2-12(10-13)4-5-15(22)20-8-6-14(7-9-20)21-16(23)11-19-17(21)24/h1-3,10,14H,4-9,11H2,(H,19,24). The summed E-state index contributed by atoms with van der Waals surface area (Å²) >= 11 is 5.95. The summed E-state index contributed by atoms with van der Waals surface area (Å²) in [5.74, 6) is -0.0728. The Morgan fingerprint density at radius 1 is 1.25 bits per heavy atom. The molecular weight excluding hydrogens is 330 g/mol. The topological polar surface area (TPSA) is 69.7 Å². The average molecular weight is 350 g/mol. The van der Waals surface area contributed by atoms with Crippen molar-refractivity contribution in [3.05, 3.63) is 34.9 Å². The maximum absolute atomic E-state index is 12.3. The van der Waals surface area contributed by atoms with Crippen molar-refractivity contribution in [3.8, 4) is 0 Å². The Labute approximate surface area is 145 Å². The number of nitrogens with zero attached hydrogens (tertiary/aromatic N) is 2. The highest BCUT2D eigenvalue weighted by atomic mass is 35.5. The number of carbonyl (C=O) groups is 3. The molecule has 4 amide bonds. The highest BCUT2D eigenvalue weighted by Gasteiger charge is 2.37. The van der Waals surface area contributed by atoms with Gasteiger partial charge in [0.25, 0.3) is 0 Å². The first kappa shape index (κ1) is 16.8. The Morgan fingerprint density at radius 3 is 2.62 bits per heavy atom. The van der Waals surface area contributed by atoms with Gasteiger partial charge in [0.2, 0.25) is 11.8 Å². The van der Waals surface area contributed by atoms with E-state index in [1.165, 1.54) is 4.90 Å². The predicted octanol–water partition coefficient (Wildman–Crippen LogP) is 1.82. The number of carbonyl (C=O) groups excluding carboxylic acids is 3. The van der Waals surface area contributed by atoms with Crippen LogP contribution in [0.15, 0.2) is 24.3 Å². The summed E-state index contributed by atoms with van der Waals surface area (Å²) in [7, 11) is 0. The minimum absolute atomic E-state index is 0.0810. The summed E-state index contributed by atoms with van der Waals surface area (Å²) in [5, 5.41) is 3.22. The largest absolute Gasteiger partial charge is 0.343 e. The molecule has 0 unspecified atom stereocenters. The number of piperidine rings is 1. The van der Waals surface area contributed by atoms with Gasteiger partial charge in [0, 0.05) is 30.6 Å². The molecule has 24 heavy (non-hydrogen) atoms. The molecule has 128 valence electrons. The van der Waals surface area contributed by atoms with Gasteiger partial charge in [-0.25, -0.2) is 4.79 Å². The van der Waals surface area contributed by atoms with Crippen molar-refractivity contribution in [1.29, 1.82) is 0 Å². The van der Waals surface area contributed by atoms with Crippen molar-refractivity contribution in [2.75, 3.05) is 19.6 Å². The summed E-state index contributed by atoms with van der Waals surface area (Å²) in [5.41, 5.74) is 1.05. The Kier molecular flexibility index (Phi) is 5.04. The molecule has 0 bridgehead atoms. The quantitative estimate of drug-likeness (QED) is 0.843. The first-order chi connectivity index (χ1) is 11.5. The molecule has 3 rings (SSSR count). The molecule has 6 nitrogen and oxygen atoms in total. The molecule has 0 atom stereocenters. The van der Waals surface area contributed by atoms with E-state index < -0.39 is 0 Å². The Balaban J connectivity index is 1.48. The van der Waals surface area contributed by atoms with E-state index >= 15 is 0 Å². The van der Waals surface area contributed by atoms with E-state index in [0.29, 0.717) is 43.8 Å². The third-order valence-corrected chi connectivity index (χ3v) is 4.81. The maximum Gasteiger partial charge on any atom is 0.324 e. The molecule has 2 aliphatic rings. The van der Waals surface area contributed by atoms with Crippen LogP contribution in [-0.2, 0) is 16.0 Å². The molecule has 0 aliphatic carbocycles. The van der Waals surface area contributed by atoms with Crippen molar-refractivity contribution >= 4 is 29.4 Å². The van der Waals surface area contributed by atoms with Gasteiger partial charge in [0.1, 0.15) is 0 Å². The number of imide groups is 1. The summed E-state index contributed by atoms with van der Waals surface area (Å²) in [6.45, 7) is 1.24. The number of hydrogen-bond donors (Lipinski definition) is 1. The third-order valence-electron chi connectivity index (χ3n) is 4.58. The van der Waals surface area contributed by atoms with Crippen LogP contribution >= 0.6 is 11.6 Å². The molecule has 1 aromatic carbocycles. The van der Waals surface area contributed by atoms with E-state index in [2.05, 4.69) is 5.32 Å². The molecule has 0 radical (unpaired) electrons. The molecule has 0 aromatic heterocycles. The normalized spacial score (nSPS) is 18.9. The lowest BCUT2D eigenvalue weighted by molar-refractivity contribution is -0.133. The molecule has 0 saturated carbocycles. The van der Waals surface area contributed by atoms with Crippen molar-refractivity contribution in [1.82, 2.24) is 15.1 Å². The first-order valence-corrected chi connectivity index (χ1v) is 8.54. The van der Waals surface area contributed by atoms with Gasteiger partial charge in [-0.05, 0) is 37.0 Å².